The lowest BCUT2D eigenvalue weighted by atomic mass is 9.73. The second-order valence-electron chi connectivity index (χ2n) is 9.12. The molecule has 1 aromatic heterocycles. The van der Waals surface area contributed by atoms with Crippen LogP contribution in [-0.2, 0) is 23.3 Å². The Morgan fingerprint density at radius 2 is 1.91 bits per heavy atom. The van der Waals surface area contributed by atoms with E-state index in [4.69, 9.17) is 9.72 Å². The van der Waals surface area contributed by atoms with Crippen molar-refractivity contribution in [3.8, 4) is 0 Å². The first kappa shape index (κ1) is 21.5. The molecule has 0 radical (unpaired) electrons. The van der Waals surface area contributed by atoms with Crippen molar-refractivity contribution in [2.24, 2.45) is 5.92 Å². The minimum Gasteiger partial charge on any atom is -0.465 e. The minimum atomic E-state index is -0.840. The highest BCUT2D eigenvalue weighted by atomic mass is 79.9. The van der Waals surface area contributed by atoms with E-state index in [1.54, 1.807) is 0 Å². The molecule has 1 N–H and O–H groups in total. The number of nitrogens with zero attached hydrogens (tertiary/aromatic N) is 3. The van der Waals surface area contributed by atoms with Crippen LogP contribution >= 0.6 is 15.9 Å². The Balaban J connectivity index is 1.35. The standard InChI is InChI=1S/C25H28BrN3O3/c26-20-8-9-22-21(14-20)27-23(29(22)15-18-6-7-18)16-32-17-25(19-4-2-1-3-5-19)10-12-28(13-11-25)24(30)31/h1-5,8-9,14,18H,6-7,10-13,15-17H2,(H,30,31). The summed E-state index contributed by atoms with van der Waals surface area (Å²) in [6.45, 7) is 3.06. The summed E-state index contributed by atoms with van der Waals surface area (Å²) in [6.07, 6.45) is 3.25. The largest absolute Gasteiger partial charge is 0.465 e. The number of hydrogen-bond donors (Lipinski definition) is 1. The van der Waals surface area contributed by atoms with Crippen LogP contribution < -0.4 is 0 Å². The van der Waals surface area contributed by atoms with Gasteiger partial charge in [-0.05, 0) is 55.4 Å². The molecule has 168 valence electrons. The van der Waals surface area contributed by atoms with Crippen molar-refractivity contribution in [3.05, 3.63) is 64.4 Å². The van der Waals surface area contributed by atoms with Gasteiger partial charge in [0, 0.05) is 29.5 Å². The van der Waals surface area contributed by atoms with Crippen LogP contribution in [0.1, 0.15) is 37.1 Å². The summed E-state index contributed by atoms with van der Waals surface area (Å²) < 4.78 is 9.70. The Labute approximate surface area is 196 Å². The molecule has 1 amide bonds. The molecule has 7 heteroatoms. The summed E-state index contributed by atoms with van der Waals surface area (Å²) in [6, 6.07) is 16.7. The van der Waals surface area contributed by atoms with Crippen LogP contribution in [0.15, 0.2) is 53.0 Å². The summed E-state index contributed by atoms with van der Waals surface area (Å²) in [7, 11) is 0. The van der Waals surface area contributed by atoms with Gasteiger partial charge >= 0.3 is 6.09 Å². The zero-order chi connectivity index (χ0) is 22.1. The number of hydrogen-bond acceptors (Lipinski definition) is 3. The van der Waals surface area contributed by atoms with E-state index in [9.17, 15) is 9.90 Å². The molecule has 6 nitrogen and oxygen atoms in total. The van der Waals surface area contributed by atoms with E-state index in [1.165, 1.54) is 23.3 Å². The summed E-state index contributed by atoms with van der Waals surface area (Å²) in [5.74, 6) is 1.71. The molecule has 2 heterocycles. The lowest BCUT2D eigenvalue weighted by Gasteiger charge is -2.41. The Morgan fingerprint density at radius 3 is 2.59 bits per heavy atom. The van der Waals surface area contributed by atoms with Gasteiger partial charge in [-0.15, -0.1) is 0 Å². The van der Waals surface area contributed by atoms with Crippen LogP contribution in [0.4, 0.5) is 4.79 Å². The number of aromatic nitrogens is 2. The normalized spacial score (nSPS) is 18.2. The van der Waals surface area contributed by atoms with Crippen LogP contribution in [-0.4, -0.2) is 45.3 Å². The van der Waals surface area contributed by atoms with Gasteiger partial charge in [-0.25, -0.2) is 9.78 Å². The number of carboxylic acid groups (broad SMARTS) is 1. The molecule has 1 saturated carbocycles. The lowest BCUT2D eigenvalue weighted by Crippen LogP contribution is -2.47. The van der Waals surface area contributed by atoms with Gasteiger partial charge in [-0.1, -0.05) is 46.3 Å². The fourth-order valence-corrected chi connectivity index (χ4v) is 5.15. The van der Waals surface area contributed by atoms with Gasteiger partial charge in [0.1, 0.15) is 12.4 Å². The fourth-order valence-electron chi connectivity index (χ4n) is 4.80. The van der Waals surface area contributed by atoms with E-state index in [2.05, 4.69) is 50.8 Å². The maximum Gasteiger partial charge on any atom is 0.407 e. The van der Waals surface area contributed by atoms with Crippen LogP contribution in [0.3, 0.4) is 0 Å². The molecule has 32 heavy (non-hydrogen) atoms. The third-order valence-corrected chi connectivity index (χ3v) is 7.41. The Kier molecular flexibility index (Phi) is 5.95. The molecule has 0 atom stereocenters. The Hall–Kier alpha value is -2.38. The number of ether oxygens (including phenoxy) is 1. The average Bonchev–Trinajstić information content (AvgIpc) is 3.56. The number of likely N-dealkylation sites (tertiary alicyclic amines) is 1. The van der Waals surface area contributed by atoms with Gasteiger partial charge in [-0.3, -0.25) is 0 Å². The maximum atomic E-state index is 11.4. The van der Waals surface area contributed by atoms with E-state index >= 15 is 0 Å². The average molecular weight is 498 g/mol. The van der Waals surface area contributed by atoms with Gasteiger partial charge in [0.25, 0.3) is 0 Å². The number of imidazole rings is 1. The maximum absolute atomic E-state index is 11.4. The second-order valence-corrected chi connectivity index (χ2v) is 10.0. The Morgan fingerprint density at radius 1 is 1.16 bits per heavy atom. The third-order valence-electron chi connectivity index (χ3n) is 6.91. The molecule has 3 aromatic rings. The van der Waals surface area contributed by atoms with E-state index in [-0.39, 0.29) is 5.41 Å². The fraction of sp³-hybridized carbons (Fsp3) is 0.440. The van der Waals surface area contributed by atoms with Crippen molar-refractivity contribution in [1.82, 2.24) is 14.5 Å². The molecule has 0 unspecified atom stereocenters. The van der Waals surface area contributed by atoms with Crippen LogP contribution in [0.25, 0.3) is 11.0 Å². The zero-order valence-corrected chi connectivity index (χ0v) is 19.6. The van der Waals surface area contributed by atoms with Crippen molar-refractivity contribution in [1.29, 1.82) is 0 Å². The lowest BCUT2D eigenvalue weighted by molar-refractivity contribution is 0.0334. The number of piperidine rings is 1. The molecular weight excluding hydrogens is 470 g/mol. The van der Waals surface area contributed by atoms with Gasteiger partial charge in [-0.2, -0.15) is 0 Å². The molecule has 2 aromatic carbocycles. The number of carbonyl (C=O) groups is 1. The summed E-state index contributed by atoms with van der Waals surface area (Å²) >= 11 is 3.56. The zero-order valence-electron chi connectivity index (χ0n) is 18.0. The number of benzene rings is 2. The monoisotopic (exact) mass is 497 g/mol. The topological polar surface area (TPSA) is 67.6 Å². The first-order valence-electron chi connectivity index (χ1n) is 11.3. The minimum absolute atomic E-state index is 0.177. The second kappa shape index (κ2) is 8.87. The van der Waals surface area contributed by atoms with E-state index in [0.717, 1.165) is 46.6 Å². The van der Waals surface area contributed by atoms with Gasteiger partial charge in [0.15, 0.2) is 0 Å². The van der Waals surface area contributed by atoms with Crippen LogP contribution in [0, 0.1) is 5.92 Å². The summed E-state index contributed by atoms with van der Waals surface area (Å²) in [5.41, 5.74) is 3.20. The summed E-state index contributed by atoms with van der Waals surface area (Å²) in [4.78, 5) is 17.8. The third kappa shape index (κ3) is 4.41. The van der Waals surface area contributed by atoms with E-state index in [1.807, 2.05) is 18.2 Å². The smallest absolute Gasteiger partial charge is 0.407 e. The van der Waals surface area contributed by atoms with Crippen LogP contribution in [0.5, 0.6) is 0 Å². The van der Waals surface area contributed by atoms with Crippen molar-refractivity contribution in [2.75, 3.05) is 19.7 Å². The molecule has 1 aliphatic carbocycles. The quantitative estimate of drug-likeness (QED) is 0.471. The van der Waals surface area contributed by atoms with Gasteiger partial charge < -0.3 is 19.3 Å². The molecule has 2 aliphatic rings. The molecule has 5 rings (SSSR count). The van der Waals surface area contributed by atoms with Crippen molar-refractivity contribution < 1.29 is 14.6 Å². The molecule has 0 bridgehead atoms. The SMILES string of the molecule is O=C(O)N1CCC(COCc2nc3cc(Br)ccc3n2CC2CC2)(c2ccccc2)CC1. The van der Waals surface area contributed by atoms with Crippen LogP contribution in [0.2, 0.25) is 0 Å². The number of halogens is 1. The van der Waals surface area contributed by atoms with E-state index in [0.29, 0.717) is 26.3 Å². The molecule has 2 fully saturated rings. The molecule has 1 aliphatic heterocycles. The molecule has 1 saturated heterocycles. The van der Waals surface area contributed by atoms with Crippen molar-refractivity contribution in [3.63, 3.8) is 0 Å². The van der Waals surface area contributed by atoms with E-state index < -0.39 is 6.09 Å². The highest BCUT2D eigenvalue weighted by molar-refractivity contribution is 9.10. The predicted molar refractivity (Wildman–Crippen MR) is 127 cm³/mol. The summed E-state index contributed by atoms with van der Waals surface area (Å²) in [5, 5.41) is 9.38. The molecular formula is C25H28BrN3O3. The highest BCUT2D eigenvalue weighted by Crippen LogP contribution is 2.37. The highest BCUT2D eigenvalue weighted by Gasteiger charge is 2.38. The number of amides is 1. The predicted octanol–water partition coefficient (Wildman–Crippen LogP) is 5.44. The van der Waals surface area contributed by atoms with Crippen molar-refractivity contribution in [2.45, 2.75) is 44.2 Å². The first-order valence-corrected chi connectivity index (χ1v) is 12.1. The number of rotatable bonds is 7. The number of fused-ring (bicyclic) bond motifs is 1. The van der Waals surface area contributed by atoms with Gasteiger partial charge in [0.2, 0.25) is 0 Å². The van der Waals surface area contributed by atoms with Crippen molar-refractivity contribution >= 4 is 33.1 Å². The van der Waals surface area contributed by atoms with Gasteiger partial charge in [0.05, 0.1) is 17.6 Å². The Bertz CT molecular complexity index is 1100. The molecule has 0 spiro atoms. The first-order chi connectivity index (χ1) is 15.5.